The van der Waals surface area contributed by atoms with E-state index in [4.69, 9.17) is 0 Å². The molecule has 0 bridgehead atoms. The minimum absolute atomic E-state index is 0.132. The van der Waals surface area contributed by atoms with E-state index in [1.54, 1.807) is 42.0 Å². The summed E-state index contributed by atoms with van der Waals surface area (Å²) in [6.45, 7) is 2.51. The van der Waals surface area contributed by atoms with E-state index >= 15 is 0 Å². The number of pyridine rings is 1. The maximum Gasteiger partial charge on any atom is 0.265 e. The Morgan fingerprint density at radius 2 is 2.15 bits per heavy atom. The van der Waals surface area contributed by atoms with Crippen molar-refractivity contribution in [2.45, 2.75) is 18.4 Å². The molecule has 0 spiro atoms. The Morgan fingerprint density at radius 3 is 2.75 bits per heavy atom. The van der Waals surface area contributed by atoms with Crippen molar-refractivity contribution in [1.29, 1.82) is 0 Å². The van der Waals surface area contributed by atoms with E-state index in [-0.39, 0.29) is 4.90 Å². The van der Waals surface area contributed by atoms with Crippen molar-refractivity contribution in [3.05, 3.63) is 30.7 Å². The summed E-state index contributed by atoms with van der Waals surface area (Å²) < 4.78 is 28.7. The van der Waals surface area contributed by atoms with Gasteiger partial charge in [0.1, 0.15) is 4.90 Å². The number of aromatic nitrogens is 3. The van der Waals surface area contributed by atoms with Gasteiger partial charge >= 0.3 is 0 Å². The number of rotatable bonds is 5. The van der Waals surface area contributed by atoms with E-state index in [0.717, 1.165) is 0 Å². The monoisotopic (exact) mass is 295 g/mol. The van der Waals surface area contributed by atoms with Crippen molar-refractivity contribution in [2.24, 2.45) is 0 Å². The average molecular weight is 295 g/mol. The van der Waals surface area contributed by atoms with Crippen LogP contribution in [-0.4, -0.2) is 37.3 Å². The molecule has 0 saturated carbocycles. The van der Waals surface area contributed by atoms with Crippen molar-refractivity contribution in [2.75, 3.05) is 23.7 Å². The molecular formula is C12H17N5O2S. The minimum atomic E-state index is -3.66. The summed E-state index contributed by atoms with van der Waals surface area (Å²) in [5, 5.41) is 3.97. The minimum Gasteiger partial charge on any atom is -0.361 e. The first-order valence-corrected chi connectivity index (χ1v) is 7.60. The highest BCUT2D eigenvalue weighted by Gasteiger charge is 2.18. The first kappa shape index (κ1) is 14.3. The molecule has 0 unspecified atom stereocenters. The van der Waals surface area contributed by atoms with Crippen LogP contribution in [-0.2, 0) is 16.6 Å². The second kappa shape index (κ2) is 5.49. The Labute approximate surface area is 118 Å². The third-order valence-electron chi connectivity index (χ3n) is 2.70. The number of nitrogens with one attached hydrogen (secondary N) is 1. The Kier molecular flexibility index (Phi) is 3.93. The fraction of sp³-hybridized carbons (Fsp3) is 0.333. The average Bonchev–Trinajstić information content (AvgIpc) is 2.88. The van der Waals surface area contributed by atoms with Crippen molar-refractivity contribution in [1.82, 2.24) is 14.8 Å². The predicted molar refractivity (Wildman–Crippen MR) is 77.3 cm³/mol. The standard InChI is InChI=1S/C12H17N5O2S/c1-4-17-9-10(8-14-17)20(18,19)15-11-6-5-7-13-12(11)16(2)3/h5-9,15H,4H2,1-3H3. The first-order chi connectivity index (χ1) is 9.44. The lowest BCUT2D eigenvalue weighted by Crippen LogP contribution is -2.17. The van der Waals surface area contributed by atoms with E-state index in [9.17, 15) is 8.42 Å². The molecule has 2 aromatic rings. The van der Waals surface area contributed by atoms with Gasteiger partial charge in [-0.1, -0.05) is 0 Å². The molecule has 0 aromatic carbocycles. The highest BCUT2D eigenvalue weighted by atomic mass is 32.2. The zero-order valence-electron chi connectivity index (χ0n) is 11.6. The quantitative estimate of drug-likeness (QED) is 0.895. The van der Waals surface area contributed by atoms with E-state index < -0.39 is 10.0 Å². The van der Waals surface area contributed by atoms with Gasteiger partial charge in [-0.15, -0.1) is 0 Å². The van der Waals surface area contributed by atoms with E-state index in [2.05, 4.69) is 14.8 Å². The summed E-state index contributed by atoms with van der Waals surface area (Å²) in [5.41, 5.74) is 0.432. The van der Waals surface area contributed by atoms with Crippen LogP contribution in [0.3, 0.4) is 0 Å². The summed E-state index contributed by atoms with van der Waals surface area (Å²) in [5.74, 6) is 0.555. The maximum atomic E-state index is 12.3. The van der Waals surface area contributed by atoms with Crippen molar-refractivity contribution < 1.29 is 8.42 Å². The van der Waals surface area contributed by atoms with Crippen LogP contribution in [0, 0.1) is 0 Å². The Balaban J connectivity index is 2.33. The molecule has 0 radical (unpaired) electrons. The van der Waals surface area contributed by atoms with Crippen LogP contribution in [0.15, 0.2) is 35.6 Å². The first-order valence-electron chi connectivity index (χ1n) is 6.11. The number of hydrogen-bond donors (Lipinski definition) is 1. The van der Waals surface area contributed by atoms with Gasteiger partial charge < -0.3 is 4.90 Å². The molecule has 2 rings (SSSR count). The van der Waals surface area contributed by atoms with Gasteiger partial charge in [-0.2, -0.15) is 5.10 Å². The molecular weight excluding hydrogens is 278 g/mol. The van der Waals surface area contributed by atoms with Crippen LogP contribution in [0.4, 0.5) is 11.5 Å². The van der Waals surface area contributed by atoms with Crippen molar-refractivity contribution in [3.8, 4) is 0 Å². The molecule has 0 aliphatic heterocycles. The number of aryl methyl sites for hydroxylation is 1. The second-order valence-electron chi connectivity index (χ2n) is 4.41. The van der Waals surface area contributed by atoms with Gasteiger partial charge in [0.05, 0.1) is 11.9 Å². The van der Waals surface area contributed by atoms with Crippen molar-refractivity contribution in [3.63, 3.8) is 0 Å². The Morgan fingerprint density at radius 1 is 1.40 bits per heavy atom. The second-order valence-corrected chi connectivity index (χ2v) is 6.09. The number of hydrogen-bond acceptors (Lipinski definition) is 5. The summed E-state index contributed by atoms with van der Waals surface area (Å²) in [4.78, 5) is 6.03. The Hall–Kier alpha value is -2.09. The molecule has 0 fully saturated rings. The molecule has 20 heavy (non-hydrogen) atoms. The number of sulfonamides is 1. The zero-order chi connectivity index (χ0) is 14.8. The van der Waals surface area contributed by atoms with Gasteiger partial charge in [-0.25, -0.2) is 13.4 Å². The van der Waals surface area contributed by atoms with Crippen LogP contribution in [0.5, 0.6) is 0 Å². The molecule has 108 valence electrons. The topological polar surface area (TPSA) is 80.1 Å². The molecule has 0 aliphatic carbocycles. The lowest BCUT2D eigenvalue weighted by Gasteiger charge is -2.16. The largest absolute Gasteiger partial charge is 0.361 e. The van der Waals surface area contributed by atoms with Crippen LogP contribution in [0.1, 0.15) is 6.92 Å². The fourth-order valence-corrected chi connectivity index (χ4v) is 2.71. The highest BCUT2D eigenvalue weighted by molar-refractivity contribution is 7.92. The maximum absolute atomic E-state index is 12.3. The van der Waals surface area contributed by atoms with E-state index in [0.29, 0.717) is 18.1 Å². The number of anilines is 2. The van der Waals surface area contributed by atoms with Gasteiger partial charge in [0.25, 0.3) is 10.0 Å². The summed E-state index contributed by atoms with van der Waals surface area (Å²) in [7, 11) is -0.0569. The molecule has 7 nitrogen and oxygen atoms in total. The van der Waals surface area contributed by atoms with E-state index in [1.807, 2.05) is 6.92 Å². The molecule has 2 heterocycles. The van der Waals surface area contributed by atoms with Crippen LogP contribution in [0.2, 0.25) is 0 Å². The highest BCUT2D eigenvalue weighted by Crippen LogP contribution is 2.23. The van der Waals surface area contributed by atoms with Gasteiger partial charge in [0, 0.05) is 33.0 Å². The fourth-order valence-electron chi connectivity index (χ4n) is 1.69. The van der Waals surface area contributed by atoms with Gasteiger partial charge in [-0.3, -0.25) is 9.40 Å². The number of nitrogens with zero attached hydrogens (tertiary/aromatic N) is 4. The van der Waals surface area contributed by atoms with Crippen LogP contribution < -0.4 is 9.62 Å². The third kappa shape index (κ3) is 2.90. The SMILES string of the molecule is CCn1cc(S(=O)(=O)Nc2cccnc2N(C)C)cn1. The normalized spacial score (nSPS) is 11.3. The van der Waals surface area contributed by atoms with Crippen LogP contribution in [0.25, 0.3) is 0 Å². The smallest absolute Gasteiger partial charge is 0.265 e. The van der Waals surface area contributed by atoms with Crippen LogP contribution >= 0.6 is 0 Å². The molecule has 0 amide bonds. The van der Waals surface area contributed by atoms with E-state index in [1.165, 1.54) is 12.4 Å². The molecule has 2 aromatic heterocycles. The summed E-state index contributed by atoms with van der Waals surface area (Å²) in [6, 6.07) is 3.35. The summed E-state index contributed by atoms with van der Waals surface area (Å²) >= 11 is 0. The summed E-state index contributed by atoms with van der Waals surface area (Å²) in [6.07, 6.45) is 4.44. The van der Waals surface area contributed by atoms with Gasteiger partial charge in [0.2, 0.25) is 0 Å². The van der Waals surface area contributed by atoms with Gasteiger partial charge in [0.15, 0.2) is 5.82 Å². The Bertz CT molecular complexity index is 693. The molecule has 1 N–H and O–H groups in total. The zero-order valence-corrected chi connectivity index (χ0v) is 12.4. The molecule has 8 heteroatoms. The lowest BCUT2D eigenvalue weighted by atomic mass is 10.4. The molecule has 0 aliphatic rings. The third-order valence-corrected chi connectivity index (χ3v) is 4.02. The van der Waals surface area contributed by atoms with Crippen molar-refractivity contribution >= 4 is 21.5 Å². The molecule has 0 saturated heterocycles. The van der Waals surface area contributed by atoms with Gasteiger partial charge in [-0.05, 0) is 19.1 Å². The molecule has 0 atom stereocenters. The lowest BCUT2D eigenvalue weighted by molar-refractivity contribution is 0.600. The predicted octanol–water partition coefficient (Wildman–Crippen LogP) is 1.16.